The Hall–Kier alpha value is -3.34. The normalized spacial score (nSPS) is 10.3. The number of anilines is 3. The highest BCUT2D eigenvalue weighted by Gasteiger charge is 2.11. The van der Waals surface area contributed by atoms with E-state index in [1.807, 2.05) is 62.4 Å². The van der Waals surface area contributed by atoms with E-state index < -0.39 is 0 Å². The number of hydrogen-bond acceptors (Lipinski definition) is 4. The lowest BCUT2D eigenvalue weighted by Gasteiger charge is -2.12. The Bertz CT molecular complexity index is 901. The maximum Gasteiger partial charge on any atom is 0.274 e. The van der Waals surface area contributed by atoms with Gasteiger partial charge >= 0.3 is 0 Å². The Morgan fingerprint density at radius 3 is 2.35 bits per heavy atom. The number of nitrogens with zero attached hydrogens (tertiary/aromatic N) is 1. The summed E-state index contributed by atoms with van der Waals surface area (Å²) in [6, 6.07) is 17.0. The first kappa shape index (κ1) is 17.5. The fraction of sp³-hybridized carbons (Fsp3) is 0.143. The quantitative estimate of drug-likeness (QED) is 0.702. The first-order chi connectivity index (χ1) is 12.6. The molecule has 0 spiro atoms. The van der Waals surface area contributed by atoms with Crippen LogP contribution in [0.2, 0.25) is 0 Å². The number of pyridine rings is 1. The molecular formula is C21H21N3O2. The Balaban J connectivity index is 1.74. The molecule has 2 N–H and O–H groups in total. The number of amides is 1. The highest BCUT2D eigenvalue weighted by Crippen LogP contribution is 2.26. The van der Waals surface area contributed by atoms with Crippen molar-refractivity contribution in [3.63, 3.8) is 0 Å². The summed E-state index contributed by atoms with van der Waals surface area (Å²) in [7, 11) is 1.62. The first-order valence-electron chi connectivity index (χ1n) is 8.32. The van der Waals surface area contributed by atoms with Crippen molar-refractivity contribution in [2.45, 2.75) is 13.8 Å². The summed E-state index contributed by atoms with van der Waals surface area (Å²) in [4.78, 5) is 16.7. The molecule has 0 bridgehead atoms. The number of carbonyl (C=O) groups is 1. The molecule has 1 aromatic heterocycles. The maximum atomic E-state index is 12.5. The number of benzene rings is 2. The van der Waals surface area contributed by atoms with Crippen LogP contribution in [0.3, 0.4) is 0 Å². The average molecular weight is 347 g/mol. The average Bonchev–Trinajstić information content (AvgIpc) is 2.66. The van der Waals surface area contributed by atoms with Gasteiger partial charge in [-0.3, -0.25) is 4.79 Å². The van der Waals surface area contributed by atoms with Gasteiger partial charge < -0.3 is 15.4 Å². The fourth-order valence-electron chi connectivity index (χ4n) is 2.69. The molecule has 0 fully saturated rings. The molecule has 5 nitrogen and oxygen atoms in total. The Kier molecular flexibility index (Phi) is 5.17. The lowest BCUT2D eigenvalue weighted by molar-refractivity contribution is 0.102. The van der Waals surface area contributed by atoms with Crippen molar-refractivity contribution in [1.29, 1.82) is 0 Å². The topological polar surface area (TPSA) is 63.2 Å². The van der Waals surface area contributed by atoms with E-state index >= 15 is 0 Å². The summed E-state index contributed by atoms with van der Waals surface area (Å²) in [6.45, 7) is 3.94. The molecule has 0 unspecified atom stereocenters. The van der Waals surface area contributed by atoms with E-state index in [-0.39, 0.29) is 5.91 Å². The van der Waals surface area contributed by atoms with Crippen molar-refractivity contribution < 1.29 is 9.53 Å². The zero-order valence-electron chi connectivity index (χ0n) is 15.0. The monoisotopic (exact) mass is 347 g/mol. The van der Waals surface area contributed by atoms with Crippen LogP contribution in [0.5, 0.6) is 5.75 Å². The molecule has 0 aliphatic carbocycles. The zero-order chi connectivity index (χ0) is 18.5. The molecule has 0 atom stereocenters. The van der Waals surface area contributed by atoms with Gasteiger partial charge in [-0.2, -0.15) is 0 Å². The van der Waals surface area contributed by atoms with Crippen LogP contribution in [0.25, 0.3) is 0 Å². The van der Waals surface area contributed by atoms with Gasteiger partial charge in [0.05, 0.1) is 24.7 Å². The van der Waals surface area contributed by atoms with E-state index in [9.17, 15) is 4.79 Å². The van der Waals surface area contributed by atoms with E-state index in [1.54, 1.807) is 19.4 Å². The fourth-order valence-corrected chi connectivity index (χ4v) is 2.69. The predicted molar refractivity (Wildman–Crippen MR) is 104 cm³/mol. The van der Waals surface area contributed by atoms with E-state index in [1.165, 1.54) is 0 Å². The van der Waals surface area contributed by atoms with Gasteiger partial charge in [0.15, 0.2) is 0 Å². The molecule has 1 amide bonds. The Morgan fingerprint density at radius 1 is 0.962 bits per heavy atom. The molecule has 26 heavy (non-hydrogen) atoms. The second-order valence-corrected chi connectivity index (χ2v) is 5.98. The number of hydrogen-bond donors (Lipinski definition) is 2. The largest absolute Gasteiger partial charge is 0.495 e. The molecule has 0 saturated carbocycles. The molecule has 1 heterocycles. The van der Waals surface area contributed by atoms with Crippen molar-refractivity contribution in [1.82, 2.24) is 4.98 Å². The highest BCUT2D eigenvalue weighted by molar-refractivity contribution is 6.03. The summed E-state index contributed by atoms with van der Waals surface area (Å²) >= 11 is 0. The minimum atomic E-state index is -0.230. The van der Waals surface area contributed by atoms with Crippen molar-refractivity contribution in [3.05, 3.63) is 77.6 Å². The SMILES string of the molecule is COc1ccccc1Nc1ccc(C(=O)Nc2c(C)cccc2C)nc1. The number of para-hydroxylation sites is 3. The zero-order valence-corrected chi connectivity index (χ0v) is 15.0. The molecular weight excluding hydrogens is 326 g/mol. The molecule has 2 aromatic carbocycles. The number of nitrogens with one attached hydrogen (secondary N) is 2. The third kappa shape index (κ3) is 3.83. The predicted octanol–water partition coefficient (Wildman–Crippen LogP) is 4.70. The highest BCUT2D eigenvalue weighted by atomic mass is 16.5. The number of methoxy groups -OCH3 is 1. The van der Waals surface area contributed by atoms with Gasteiger partial charge in [0.1, 0.15) is 11.4 Å². The molecule has 0 aliphatic heterocycles. The van der Waals surface area contributed by atoms with Gasteiger partial charge in [-0.05, 0) is 49.2 Å². The minimum Gasteiger partial charge on any atom is -0.495 e. The van der Waals surface area contributed by atoms with Gasteiger partial charge in [-0.1, -0.05) is 30.3 Å². The molecule has 5 heteroatoms. The van der Waals surface area contributed by atoms with E-state index in [2.05, 4.69) is 15.6 Å². The number of aryl methyl sites for hydroxylation is 2. The van der Waals surface area contributed by atoms with Crippen molar-refractivity contribution in [3.8, 4) is 5.75 Å². The minimum absolute atomic E-state index is 0.230. The number of aromatic nitrogens is 1. The van der Waals surface area contributed by atoms with E-state index in [4.69, 9.17) is 4.74 Å². The molecule has 0 aliphatic rings. The summed E-state index contributed by atoms with van der Waals surface area (Å²) in [5.41, 5.74) is 4.84. The van der Waals surface area contributed by atoms with Crippen LogP contribution in [0.4, 0.5) is 17.1 Å². The molecule has 132 valence electrons. The molecule has 3 aromatic rings. The van der Waals surface area contributed by atoms with Gasteiger partial charge in [-0.15, -0.1) is 0 Å². The van der Waals surface area contributed by atoms with Crippen LogP contribution in [0, 0.1) is 13.8 Å². The molecule has 0 radical (unpaired) electrons. The van der Waals surface area contributed by atoms with Crippen LogP contribution in [-0.4, -0.2) is 18.0 Å². The molecule has 3 rings (SSSR count). The van der Waals surface area contributed by atoms with E-state index in [0.717, 1.165) is 33.9 Å². The third-order valence-corrected chi connectivity index (χ3v) is 4.10. The van der Waals surface area contributed by atoms with Crippen molar-refractivity contribution in [2.75, 3.05) is 17.7 Å². The van der Waals surface area contributed by atoms with Crippen LogP contribution in [-0.2, 0) is 0 Å². The summed E-state index contributed by atoms with van der Waals surface area (Å²) in [5.74, 6) is 0.510. The summed E-state index contributed by atoms with van der Waals surface area (Å²) in [6.07, 6.45) is 1.63. The second-order valence-electron chi connectivity index (χ2n) is 5.98. The second kappa shape index (κ2) is 7.70. The number of rotatable bonds is 5. The van der Waals surface area contributed by atoms with Gasteiger partial charge in [0.2, 0.25) is 0 Å². The summed E-state index contributed by atoms with van der Waals surface area (Å²) < 4.78 is 5.32. The van der Waals surface area contributed by atoms with Gasteiger partial charge in [0, 0.05) is 5.69 Å². The van der Waals surface area contributed by atoms with Crippen LogP contribution >= 0.6 is 0 Å². The lowest BCUT2D eigenvalue weighted by atomic mass is 10.1. The van der Waals surface area contributed by atoms with Gasteiger partial charge in [0.25, 0.3) is 5.91 Å². The van der Waals surface area contributed by atoms with Gasteiger partial charge in [-0.25, -0.2) is 4.98 Å². The smallest absolute Gasteiger partial charge is 0.274 e. The third-order valence-electron chi connectivity index (χ3n) is 4.10. The lowest BCUT2D eigenvalue weighted by Crippen LogP contribution is -2.15. The van der Waals surface area contributed by atoms with Crippen LogP contribution in [0.15, 0.2) is 60.8 Å². The Morgan fingerprint density at radius 2 is 1.69 bits per heavy atom. The Labute approximate surface area is 153 Å². The van der Waals surface area contributed by atoms with Crippen molar-refractivity contribution in [2.24, 2.45) is 0 Å². The molecule has 0 saturated heterocycles. The van der Waals surface area contributed by atoms with Crippen LogP contribution < -0.4 is 15.4 Å². The summed E-state index contributed by atoms with van der Waals surface area (Å²) in [5, 5.41) is 6.18. The first-order valence-corrected chi connectivity index (χ1v) is 8.32. The standard InChI is InChI=1S/C21H21N3O2/c1-14-7-6-8-15(2)20(14)24-21(25)18-12-11-16(13-22-18)23-17-9-4-5-10-19(17)26-3/h4-13,23H,1-3H3,(H,24,25). The van der Waals surface area contributed by atoms with E-state index in [0.29, 0.717) is 5.69 Å². The number of ether oxygens (including phenoxy) is 1. The maximum absolute atomic E-state index is 12.5. The number of carbonyl (C=O) groups excluding carboxylic acids is 1. The van der Waals surface area contributed by atoms with Crippen LogP contribution in [0.1, 0.15) is 21.6 Å². The van der Waals surface area contributed by atoms with Crippen molar-refractivity contribution >= 4 is 23.0 Å².